The fraction of sp³-hybridized carbons (Fsp3) is 0.333. The summed E-state index contributed by atoms with van der Waals surface area (Å²) in [5.41, 5.74) is 1.81. The molecule has 6 atom stereocenters. The van der Waals surface area contributed by atoms with Gasteiger partial charge in [-0.15, -0.1) is 0 Å². The van der Waals surface area contributed by atoms with Crippen molar-refractivity contribution in [3.63, 3.8) is 0 Å². The van der Waals surface area contributed by atoms with Crippen LogP contribution in [0.4, 0.5) is 26.3 Å². The van der Waals surface area contributed by atoms with E-state index in [1.54, 1.807) is 23.9 Å². The molecule has 3 amide bonds. The summed E-state index contributed by atoms with van der Waals surface area (Å²) in [6.45, 7) is 2.15. The molecule has 6 aromatic carbocycles. The van der Waals surface area contributed by atoms with Crippen LogP contribution in [0, 0.1) is 70.4 Å². The second-order valence-electron chi connectivity index (χ2n) is 20.8. The summed E-state index contributed by atoms with van der Waals surface area (Å²) in [5, 5.41) is 8.15. The number of hydrogen-bond donors (Lipinski definition) is 3. The predicted molar refractivity (Wildman–Crippen MR) is 308 cm³/mol. The Bertz CT molecular complexity index is 3620. The Balaban J connectivity index is 0.000000183. The highest BCUT2D eigenvalue weighted by atomic mass is 32.2. The topological polar surface area (TPSA) is 200 Å². The van der Waals surface area contributed by atoms with Gasteiger partial charge >= 0.3 is 17.9 Å². The Morgan fingerprint density at radius 2 is 0.800 bits per heavy atom. The number of benzene rings is 6. The van der Waals surface area contributed by atoms with Crippen molar-refractivity contribution in [2.45, 2.75) is 52.2 Å². The van der Waals surface area contributed by atoms with Gasteiger partial charge in [0.2, 0.25) is 17.7 Å². The fourth-order valence-corrected chi connectivity index (χ4v) is 11.8. The van der Waals surface area contributed by atoms with Crippen LogP contribution in [0.2, 0.25) is 0 Å². The van der Waals surface area contributed by atoms with E-state index in [4.69, 9.17) is 0 Å². The van der Waals surface area contributed by atoms with E-state index in [1.165, 1.54) is 72.8 Å². The molecular formula is C63H63F6N3O11S2. The summed E-state index contributed by atoms with van der Waals surface area (Å²) >= 11 is 1.72. The van der Waals surface area contributed by atoms with Crippen molar-refractivity contribution >= 4 is 57.2 Å². The average Bonchev–Trinajstić information content (AvgIpc) is 4.20. The Kier molecular flexibility index (Phi) is 21.8. The molecule has 6 aromatic rings. The van der Waals surface area contributed by atoms with Gasteiger partial charge in [-0.3, -0.25) is 14.4 Å². The van der Waals surface area contributed by atoms with Crippen LogP contribution in [0.1, 0.15) is 80.4 Å². The molecule has 0 radical (unpaired) electrons. The van der Waals surface area contributed by atoms with Gasteiger partial charge in [0.15, 0.2) is 0 Å². The van der Waals surface area contributed by atoms with Crippen molar-refractivity contribution in [1.29, 1.82) is 0 Å². The molecule has 85 heavy (non-hydrogen) atoms. The van der Waals surface area contributed by atoms with Gasteiger partial charge in [0.25, 0.3) is 0 Å². The molecule has 3 N–H and O–H groups in total. The third-order valence-corrected chi connectivity index (χ3v) is 16.7. The van der Waals surface area contributed by atoms with Gasteiger partial charge in [-0.25, -0.2) is 49.1 Å². The van der Waals surface area contributed by atoms with Gasteiger partial charge in [0.05, 0.1) is 27.1 Å². The maximum absolute atomic E-state index is 14.6. The average molecular weight is 1220 g/mol. The second kappa shape index (κ2) is 28.7. The van der Waals surface area contributed by atoms with Crippen molar-refractivity contribution in [2.24, 2.45) is 35.5 Å². The number of esters is 3. The molecule has 3 fully saturated rings. The molecule has 9 rings (SSSR count). The van der Waals surface area contributed by atoms with E-state index in [9.17, 15) is 63.5 Å². The minimum Gasteiger partial charge on any atom is -0.465 e. The lowest BCUT2D eigenvalue weighted by atomic mass is 9.98. The number of halogens is 6. The first kappa shape index (κ1) is 64.6. The molecule has 3 aliphatic rings. The second-order valence-corrected chi connectivity index (χ2v) is 23.9. The standard InChI is InChI=1S/C21H21F2NO5S.C21H21F2NO3S.C21H21F2NO3/c1-29-21(26)19-15(4-3-5-17(19)22)12-6-7-13(18(23)9-12)10-24-20(25)16-8-14(16)11-30(2,27)28;1-27-21(26)19-15(4-3-5-17(19)22)12-6-7-13(18(23)9-12)10-24-20(25)16-8-14(16)11-28-2;1-3-12-9-16(12)20(25)24-11-14-8-7-13(10-18(14)23)15-5-4-6-17(22)19(15)21(26)27-2/h3-7,9,14,16H,8,10-11H2,1-2H3,(H,24,25);3-7,9,14,16H,8,10-11H2,1-2H3,(H,24,25);4-8,10,12,16H,3,9,11H2,1-2H3,(H,24,25). The molecule has 0 heterocycles. The van der Waals surface area contributed by atoms with Crippen LogP contribution in [0.25, 0.3) is 33.4 Å². The van der Waals surface area contributed by atoms with Crippen LogP contribution in [0.3, 0.4) is 0 Å². The Morgan fingerprint density at radius 1 is 0.482 bits per heavy atom. The van der Waals surface area contributed by atoms with E-state index >= 15 is 0 Å². The number of ether oxygens (including phenoxy) is 3. The Morgan fingerprint density at radius 3 is 1.09 bits per heavy atom. The molecule has 0 bridgehead atoms. The highest BCUT2D eigenvalue weighted by Gasteiger charge is 2.45. The molecule has 0 saturated heterocycles. The number of nitrogens with one attached hydrogen (secondary N) is 3. The number of carbonyl (C=O) groups is 6. The number of methoxy groups -OCH3 is 3. The molecule has 3 aliphatic carbocycles. The van der Waals surface area contributed by atoms with Crippen molar-refractivity contribution in [1.82, 2.24) is 16.0 Å². The lowest BCUT2D eigenvalue weighted by Crippen LogP contribution is -2.26. The normalized spacial score (nSPS) is 18.0. The number of carbonyl (C=O) groups excluding carboxylic acids is 6. The van der Waals surface area contributed by atoms with Gasteiger partial charge in [-0.05, 0) is 119 Å². The minimum atomic E-state index is -3.15. The van der Waals surface area contributed by atoms with E-state index in [2.05, 4.69) is 30.2 Å². The number of rotatable bonds is 20. The highest BCUT2D eigenvalue weighted by molar-refractivity contribution is 7.98. The fourth-order valence-electron chi connectivity index (χ4n) is 9.87. The molecule has 0 aliphatic heterocycles. The number of hydrogen-bond acceptors (Lipinski definition) is 12. The quantitative estimate of drug-likeness (QED) is 0.0372. The number of sulfone groups is 1. The van der Waals surface area contributed by atoms with Crippen molar-refractivity contribution < 1.29 is 77.7 Å². The molecule has 0 spiro atoms. The maximum Gasteiger partial charge on any atom is 0.341 e. The van der Waals surface area contributed by atoms with Gasteiger partial charge in [0, 0.05) is 60.3 Å². The van der Waals surface area contributed by atoms with Crippen LogP contribution in [0.5, 0.6) is 0 Å². The van der Waals surface area contributed by atoms with Crippen molar-refractivity contribution in [3.8, 4) is 33.4 Å². The van der Waals surface area contributed by atoms with E-state index in [1.807, 2.05) is 13.2 Å². The van der Waals surface area contributed by atoms with Crippen LogP contribution in [-0.2, 0) is 58.1 Å². The van der Waals surface area contributed by atoms with Crippen molar-refractivity contribution in [3.05, 3.63) is 177 Å². The van der Waals surface area contributed by atoms with E-state index < -0.39 is 62.6 Å². The maximum atomic E-state index is 14.6. The van der Waals surface area contributed by atoms with Gasteiger partial charge in [-0.2, -0.15) is 11.8 Å². The lowest BCUT2D eigenvalue weighted by molar-refractivity contribution is -0.123. The summed E-state index contributed by atoms with van der Waals surface area (Å²) in [5.74, 6) is -5.63. The SMILES string of the molecule is CCC1CC1C(=O)NCc1ccc(-c2cccc(F)c2C(=O)OC)cc1F.COC(=O)c1c(F)cccc1-c1ccc(CNC(=O)C2CC2CS(C)(=O)=O)c(F)c1.COC(=O)c1c(F)cccc1-c1ccc(CNC(=O)C2CC2CSC)c(F)c1. The first-order chi connectivity index (χ1) is 40.5. The number of amides is 3. The molecule has 3 saturated carbocycles. The third kappa shape index (κ3) is 16.7. The molecule has 22 heteroatoms. The van der Waals surface area contributed by atoms with E-state index in [-0.39, 0.29) is 111 Å². The highest BCUT2D eigenvalue weighted by Crippen LogP contribution is 2.42. The Labute approximate surface area is 492 Å². The zero-order chi connectivity index (χ0) is 61.9. The molecule has 0 aromatic heterocycles. The minimum absolute atomic E-state index is 0.0182. The third-order valence-electron chi connectivity index (χ3n) is 14.9. The monoisotopic (exact) mass is 1220 g/mol. The van der Waals surface area contributed by atoms with Crippen LogP contribution in [-0.4, -0.2) is 89.4 Å². The van der Waals surface area contributed by atoms with Gasteiger partial charge in [0.1, 0.15) is 61.4 Å². The van der Waals surface area contributed by atoms with Crippen LogP contribution < -0.4 is 16.0 Å². The summed E-state index contributed by atoms with van der Waals surface area (Å²) in [6.07, 6.45) is 6.37. The Hall–Kier alpha value is -7.98. The van der Waals surface area contributed by atoms with Crippen LogP contribution in [0.15, 0.2) is 109 Å². The van der Waals surface area contributed by atoms with E-state index in [0.717, 1.165) is 76.9 Å². The number of thioether (sulfide) groups is 1. The molecule has 6 unspecified atom stereocenters. The zero-order valence-corrected chi connectivity index (χ0v) is 48.9. The van der Waals surface area contributed by atoms with Crippen molar-refractivity contribution in [2.75, 3.05) is 45.3 Å². The molecule has 14 nitrogen and oxygen atoms in total. The van der Waals surface area contributed by atoms with Gasteiger partial charge < -0.3 is 30.2 Å². The predicted octanol–water partition coefficient (Wildman–Crippen LogP) is 10.8. The summed E-state index contributed by atoms with van der Waals surface area (Å²) in [6, 6.07) is 25.1. The first-order valence-electron chi connectivity index (χ1n) is 27.0. The van der Waals surface area contributed by atoms with Crippen LogP contribution >= 0.6 is 11.8 Å². The van der Waals surface area contributed by atoms with Gasteiger partial charge in [-0.1, -0.05) is 86.1 Å². The molecular weight excluding hydrogens is 1150 g/mol. The first-order valence-corrected chi connectivity index (χ1v) is 30.4. The lowest BCUT2D eigenvalue weighted by Gasteiger charge is -2.11. The largest absolute Gasteiger partial charge is 0.465 e. The smallest absolute Gasteiger partial charge is 0.341 e. The zero-order valence-electron chi connectivity index (χ0n) is 47.3. The summed E-state index contributed by atoms with van der Waals surface area (Å²) in [7, 11) is 0.305. The summed E-state index contributed by atoms with van der Waals surface area (Å²) < 4.78 is 122. The summed E-state index contributed by atoms with van der Waals surface area (Å²) in [4.78, 5) is 71.9. The van der Waals surface area contributed by atoms with E-state index in [0.29, 0.717) is 40.5 Å². The molecule has 450 valence electrons.